The highest BCUT2D eigenvalue weighted by Crippen LogP contribution is 2.18. The summed E-state index contributed by atoms with van der Waals surface area (Å²) in [7, 11) is 0. The van der Waals surface area contributed by atoms with Gasteiger partial charge in [0.25, 0.3) is 5.91 Å². The Morgan fingerprint density at radius 2 is 1.93 bits per heavy atom. The van der Waals surface area contributed by atoms with Crippen molar-refractivity contribution in [1.82, 2.24) is 15.3 Å². The summed E-state index contributed by atoms with van der Waals surface area (Å²) in [6.45, 7) is 4.43. The number of carbonyl (C=O) groups is 2. The zero-order valence-electron chi connectivity index (χ0n) is 15.4. The molecule has 1 aliphatic heterocycles. The zero-order valence-corrected chi connectivity index (χ0v) is 15.4. The molecule has 1 saturated heterocycles. The average molecular weight is 369 g/mol. The zero-order chi connectivity index (χ0) is 19.2. The quantitative estimate of drug-likeness (QED) is 0.722. The minimum absolute atomic E-state index is 0.0802. The predicted molar refractivity (Wildman–Crippen MR) is 102 cm³/mol. The minimum atomic E-state index is -0.250. The largest absolute Gasteiger partial charge is 0.376 e. The molecule has 1 unspecified atom stereocenters. The molecule has 8 heteroatoms. The number of hydrogen-bond acceptors (Lipinski definition) is 6. The summed E-state index contributed by atoms with van der Waals surface area (Å²) in [5.74, 6) is 0.648. The predicted octanol–water partition coefficient (Wildman–Crippen LogP) is 2.40. The molecule has 3 rings (SSSR count). The summed E-state index contributed by atoms with van der Waals surface area (Å²) in [4.78, 5) is 32.0. The van der Waals surface area contributed by atoms with E-state index in [2.05, 4.69) is 25.9 Å². The van der Waals surface area contributed by atoms with E-state index in [1.165, 1.54) is 6.92 Å². The van der Waals surface area contributed by atoms with Gasteiger partial charge in [-0.25, -0.2) is 9.97 Å². The number of rotatable bonds is 6. The molecule has 27 heavy (non-hydrogen) atoms. The van der Waals surface area contributed by atoms with Crippen LogP contribution in [0.15, 0.2) is 30.3 Å². The van der Waals surface area contributed by atoms with Gasteiger partial charge in [-0.05, 0) is 44.0 Å². The third-order valence-corrected chi connectivity index (χ3v) is 4.06. The molecule has 1 aromatic carbocycles. The number of benzene rings is 1. The average Bonchev–Trinajstić information content (AvgIpc) is 3.14. The van der Waals surface area contributed by atoms with Crippen LogP contribution in [0.1, 0.15) is 36.1 Å². The van der Waals surface area contributed by atoms with Gasteiger partial charge in [-0.1, -0.05) is 0 Å². The van der Waals surface area contributed by atoms with Crippen LogP contribution in [-0.2, 0) is 9.53 Å². The second kappa shape index (κ2) is 8.59. The number of carbonyl (C=O) groups excluding carboxylic acids is 2. The normalized spacial score (nSPS) is 16.0. The topological polar surface area (TPSA) is 105 Å². The summed E-state index contributed by atoms with van der Waals surface area (Å²) in [6.07, 6.45) is 2.07. The van der Waals surface area contributed by atoms with Crippen molar-refractivity contribution < 1.29 is 14.3 Å². The van der Waals surface area contributed by atoms with Crippen LogP contribution in [0.3, 0.4) is 0 Å². The van der Waals surface area contributed by atoms with Crippen LogP contribution in [0.25, 0.3) is 0 Å². The van der Waals surface area contributed by atoms with E-state index in [1.807, 2.05) is 12.1 Å². The molecule has 2 aromatic rings. The number of aryl methyl sites for hydroxylation is 1. The lowest BCUT2D eigenvalue weighted by Crippen LogP contribution is -2.32. The van der Waals surface area contributed by atoms with Gasteiger partial charge in [-0.2, -0.15) is 0 Å². The lowest BCUT2D eigenvalue weighted by atomic mass is 10.2. The molecule has 0 saturated carbocycles. The van der Waals surface area contributed by atoms with E-state index in [1.54, 1.807) is 25.1 Å². The smallest absolute Gasteiger partial charge is 0.270 e. The summed E-state index contributed by atoms with van der Waals surface area (Å²) < 4.78 is 5.51. The Morgan fingerprint density at radius 1 is 1.19 bits per heavy atom. The summed E-state index contributed by atoms with van der Waals surface area (Å²) >= 11 is 0. The standard InChI is InChI=1S/C19H23N5O3/c1-12-21-17(19(26)20-11-16-4-3-9-27-16)10-18(22-12)24-15-7-5-14(6-8-15)23-13(2)25/h5-8,10,16H,3-4,9,11H2,1-2H3,(H,20,26)(H,23,25)(H,21,22,24). The second-order valence-corrected chi connectivity index (χ2v) is 6.41. The Labute approximate surface area is 157 Å². The monoisotopic (exact) mass is 369 g/mol. The molecule has 1 atom stereocenters. The summed E-state index contributed by atoms with van der Waals surface area (Å²) in [5, 5.41) is 8.72. The van der Waals surface area contributed by atoms with Gasteiger partial charge in [0.2, 0.25) is 5.91 Å². The first-order chi connectivity index (χ1) is 13.0. The summed E-state index contributed by atoms with van der Waals surface area (Å²) in [5.41, 5.74) is 1.80. The van der Waals surface area contributed by atoms with Crippen LogP contribution in [0.4, 0.5) is 17.2 Å². The lowest BCUT2D eigenvalue weighted by molar-refractivity contribution is -0.114. The third kappa shape index (κ3) is 5.49. The van der Waals surface area contributed by atoms with Gasteiger partial charge in [0, 0.05) is 37.5 Å². The van der Waals surface area contributed by atoms with Crippen molar-refractivity contribution in [1.29, 1.82) is 0 Å². The van der Waals surface area contributed by atoms with Crippen LogP contribution in [0, 0.1) is 6.92 Å². The number of nitrogens with zero attached hydrogens (tertiary/aromatic N) is 2. The molecule has 0 radical (unpaired) electrons. The molecular formula is C19H23N5O3. The Hall–Kier alpha value is -3.00. The van der Waals surface area contributed by atoms with E-state index < -0.39 is 0 Å². The maximum Gasteiger partial charge on any atom is 0.270 e. The Balaban J connectivity index is 1.65. The van der Waals surface area contributed by atoms with Crippen LogP contribution in [-0.4, -0.2) is 41.0 Å². The molecule has 3 N–H and O–H groups in total. The van der Waals surface area contributed by atoms with Crippen LogP contribution < -0.4 is 16.0 Å². The van der Waals surface area contributed by atoms with Gasteiger partial charge in [0.05, 0.1) is 6.10 Å². The highest BCUT2D eigenvalue weighted by molar-refractivity contribution is 5.93. The fraction of sp³-hybridized carbons (Fsp3) is 0.368. The van der Waals surface area contributed by atoms with Gasteiger partial charge in [-0.15, -0.1) is 0 Å². The summed E-state index contributed by atoms with van der Waals surface area (Å²) in [6, 6.07) is 8.82. The number of ether oxygens (including phenoxy) is 1. The molecule has 1 fully saturated rings. The minimum Gasteiger partial charge on any atom is -0.376 e. The van der Waals surface area contributed by atoms with E-state index in [9.17, 15) is 9.59 Å². The molecule has 0 aliphatic carbocycles. The Morgan fingerprint density at radius 3 is 2.59 bits per heavy atom. The van der Waals surface area contributed by atoms with Crippen molar-refractivity contribution in [2.75, 3.05) is 23.8 Å². The number of nitrogens with one attached hydrogen (secondary N) is 3. The molecular weight excluding hydrogens is 346 g/mol. The van der Waals surface area contributed by atoms with Crippen molar-refractivity contribution in [3.05, 3.63) is 41.9 Å². The first-order valence-corrected chi connectivity index (χ1v) is 8.90. The highest BCUT2D eigenvalue weighted by atomic mass is 16.5. The second-order valence-electron chi connectivity index (χ2n) is 6.41. The number of anilines is 3. The number of amides is 2. The maximum atomic E-state index is 12.4. The fourth-order valence-electron chi connectivity index (χ4n) is 2.84. The van der Waals surface area contributed by atoms with Crippen molar-refractivity contribution in [3.63, 3.8) is 0 Å². The third-order valence-electron chi connectivity index (χ3n) is 4.06. The highest BCUT2D eigenvalue weighted by Gasteiger charge is 2.17. The van der Waals surface area contributed by atoms with Gasteiger partial charge >= 0.3 is 0 Å². The van der Waals surface area contributed by atoms with Crippen molar-refractivity contribution in [2.45, 2.75) is 32.8 Å². The van der Waals surface area contributed by atoms with E-state index in [4.69, 9.17) is 4.74 Å². The molecule has 2 heterocycles. The van der Waals surface area contributed by atoms with E-state index >= 15 is 0 Å². The first-order valence-electron chi connectivity index (χ1n) is 8.90. The molecule has 0 spiro atoms. The molecule has 0 bridgehead atoms. The Bertz CT molecular complexity index is 817. The van der Waals surface area contributed by atoms with Gasteiger partial charge in [0.1, 0.15) is 17.3 Å². The van der Waals surface area contributed by atoms with Crippen LogP contribution in [0.5, 0.6) is 0 Å². The van der Waals surface area contributed by atoms with Crippen LogP contribution >= 0.6 is 0 Å². The van der Waals surface area contributed by atoms with Crippen molar-refractivity contribution in [2.24, 2.45) is 0 Å². The van der Waals surface area contributed by atoms with Gasteiger partial charge in [0.15, 0.2) is 0 Å². The maximum absolute atomic E-state index is 12.4. The number of aromatic nitrogens is 2. The van der Waals surface area contributed by atoms with E-state index in [0.29, 0.717) is 29.6 Å². The molecule has 2 amide bonds. The SMILES string of the molecule is CC(=O)Nc1ccc(Nc2cc(C(=O)NCC3CCCO3)nc(C)n2)cc1. The number of hydrogen-bond donors (Lipinski definition) is 3. The first kappa shape index (κ1) is 18.8. The molecule has 8 nitrogen and oxygen atoms in total. The Kier molecular flexibility index (Phi) is 5.97. The lowest BCUT2D eigenvalue weighted by Gasteiger charge is -2.12. The van der Waals surface area contributed by atoms with E-state index in [0.717, 1.165) is 25.1 Å². The van der Waals surface area contributed by atoms with Gasteiger partial charge < -0.3 is 20.7 Å². The molecule has 1 aliphatic rings. The molecule has 142 valence electrons. The van der Waals surface area contributed by atoms with Crippen molar-refractivity contribution >= 4 is 29.0 Å². The molecule has 1 aromatic heterocycles. The fourth-order valence-corrected chi connectivity index (χ4v) is 2.84. The van der Waals surface area contributed by atoms with Crippen LogP contribution in [0.2, 0.25) is 0 Å². The van der Waals surface area contributed by atoms with E-state index in [-0.39, 0.29) is 17.9 Å². The van der Waals surface area contributed by atoms with Gasteiger partial charge in [-0.3, -0.25) is 9.59 Å². The van der Waals surface area contributed by atoms with Crippen molar-refractivity contribution in [3.8, 4) is 0 Å².